The van der Waals surface area contributed by atoms with Gasteiger partial charge in [0, 0.05) is 6.04 Å². The van der Waals surface area contributed by atoms with Gasteiger partial charge in [-0.3, -0.25) is 4.79 Å². The quantitative estimate of drug-likeness (QED) is 0.763. The van der Waals surface area contributed by atoms with Crippen LogP contribution in [-0.4, -0.2) is 36.2 Å². The lowest BCUT2D eigenvalue weighted by Crippen LogP contribution is -2.37. The second-order valence-corrected chi connectivity index (χ2v) is 4.50. The number of hydrogen-bond donors (Lipinski definition) is 2. The van der Waals surface area contributed by atoms with E-state index in [0.29, 0.717) is 0 Å². The molecule has 2 N–H and O–H groups in total. The van der Waals surface area contributed by atoms with E-state index in [4.69, 9.17) is 9.84 Å². The van der Waals surface area contributed by atoms with Crippen LogP contribution in [0, 0.1) is 0 Å². The summed E-state index contributed by atoms with van der Waals surface area (Å²) in [5, 5.41) is 11.3. The Morgan fingerprint density at radius 1 is 1.06 bits per heavy atom. The highest BCUT2D eigenvalue weighted by Crippen LogP contribution is 2.16. The van der Waals surface area contributed by atoms with Gasteiger partial charge in [0.15, 0.2) is 0 Å². The lowest BCUT2D eigenvalue weighted by molar-refractivity contribution is -0.143. The highest BCUT2D eigenvalue weighted by Gasteiger charge is 2.14. The summed E-state index contributed by atoms with van der Waals surface area (Å²) in [5.41, 5.74) is 0. The molecule has 0 aliphatic heterocycles. The van der Waals surface area contributed by atoms with Gasteiger partial charge in [0.1, 0.15) is 13.2 Å². The second-order valence-electron chi connectivity index (χ2n) is 4.50. The SMILES string of the molecule is O=C(O)COCC(=O)NC1CCCCCCC1. The first-order valence-electron chi connectivity index (χ1n) is 6.27. The standard InChI is InChI=1S/C12H21NO4/c14-11(8-17-9-12(15)16)13-10-6-4-2-1-3-5-7-10/h10H,1-9H2,(H,13,14)(H,15,16). The van der Waals surface area contributed by atoms with Crippen LogP contribution in [0.2, 0.25) is 0 Å². The molecule has 1 fully saturated rings. The monoisotopic (exact) mass is 243 g/mol. The highest BCUT2D eigenvalue weighted by atomic mass is 16.5. The predicted octanol–water partition coefficient (Wildman–Crippen LogP) is 1.32. The maximum Gasteiger partial charge on any atom is 0.329 e. The Labute approximate surface area is 102 Å². The molecule has 0 unspecified atom stereocenters. The first-order chi connectivity index (χ1) is 8.18. The van der Waals surface area contributed by atoms with Gasteiger partial charge in [0.2, 0.25) is 5.91 Å². The van der Waals surface area contributed by atoms with E-state index in [-0.39, 0.29) is 18.6 Å². The van der Waals surface area contributed by atoms with Crippen LogP contribution in [0.4, 0.5) is 0 Å². The Kier molecular flexibility index (Phi) is 6.62. The molecule has 0 spiro atoms. The number of rotatable bonds is 5. The van der Waals surface area contributed by atoms with Crippen molar-refractivity contribution in [2.24, 2.45) is 0 Å². The van der Waals surface area contributed by atoms with Crippen molar-refractivity contribution in [3.63, 3.8) is 0 Å². The molecule has 17 heavy (non-hydrogen) atoms. The van der Waals surface area contributed by atoms with Crippen LogP contribution >= 0.6 is 0 Å². The summed E-state index contributed by atoms with van der Waals surface area (Å²) in [5.74, 6) is -1.26. The molecule has 1 aliphatic carbocycles. The van der Waals surface area contributed by atoms with E-state index >= 15 is 0 Å². The fraction of sp³-hybridized carbons (Fsp3) is 0.833. The summed E-state index contributed by atoms with van der Waals surface area (Å²) in [6, 6.07) is 0.233. The number of ether oxygens (including phenoxy) is 1. The van der Waals surface area contributed by atoms with E-state index in [0.717, 1.165) is 25.7 Å². The van der Waals surface area contributed by atoms with Crippen molar-refractivity contribution < 1.29 is 19.4 Å². The van der Waals surface area contributed by atoms with E-state index in [9.17, 15) is 9.59 Å². The van der Waals surface area contributed by atoms with Crippen molar-refractivity contribution in [3.05, 3.63) is 0 Å². The van der Waals surface area contributed by atoms with Crippen LogP contribution in [0.15, 0.2) is 0 Å². The molecular weight excluding hydrogens is 222 g/mol. The smallest absolute Gasteiger partial charge is 0.329 e. The fourth-order valence-corrected chi connectivity index (χ4v) is 2.10. The zero-order chi connectivity index (χ0) is 12.5. The summed E-state index contributed by atoms with van der Waals surface area (Å²) < 4.78 is 4.74. The van der Waals surface area contributed by atoms with Crippen LogP contribution in [0.3, 0.4) is 0 Å². The normalized spacial score (nSPS) is 18.1. The molecule has 98 valence electrons. The molecule has 5 nitrogen and oxygen atoms in total. The molecule has 0 aromatic rings. The maximum absolute atomic E-state index is 11.5. The third kappa shape index (κ3) is 6.94. The van der Waals surface area contributed by atoms with Gasteiger partial charge in [-0.2, -0.15) is 0 Å². The Morgan fingerprint density at radius 2 is 1.65 bits per heavy atom. The summed E-state index contributed by atoms with van der Waals surface area (Å²) in [6.07, 6.45) is 8.11. The third-order valence-electron chi connectivity index (χ3n) is 2.93. The number of aliphatic carboxylic acids is 1. The molecule has 1 aliphatic rings. The van der Waals surface area contributed by atoms with Crippen molar-refractivity contribution in [1.29, 1.82) is 0 Å². The Morgan fingerprint density at radius 3 is 2.24 bits per heavy atom. The molecule has 1 amide bonds. The van der Waals surface area contributed by atoms with Crippen molar-refractivity contribution in [2.75, 3.05) is 13.2 Å². The highest BCUT2D eigenvalue weighted by molar-refractivity contribution is 5.78. The number of nitrogens with one attached hydrogen (secondary N) is 1. The van der Waals surface area contributed by atoms with E-state index in [2.05, 4.69) is 5.32 Å². The molecule has 0 saturated heterocycles. The minimum atomic E-state index is -1.05. The molecule has 5 heteroatoms. The van der Waals surface area contributed by atoms with Gasteiger partial charge in [0.05, 0.1) is 0 Å². The van der Waals surface area contributed by atoms with Gasteiger partial charge in [0.25, 0.3) is 0 Å². The van der Waals surface area contributed by atoms with Crippen molar-refractivity contribution >= 4 is 11.9 Å². The van der Waals surface area contributed by atoms with Crippen molar-refractivity contribution in [2.45, 2.75) is 51.0 Å². The minimum Gasteiger partial charge on any atom is -0.480 e. The predicted molar refractivity (Wildman–Crippen MR) is 62.7 cm³/mol. The zero-order valence-corrected chi connectivity index (χ0v) is 10.1. The average Bonchev–Trinajstić information content (AvgIpc) is 2.21. The van der Waals surface area contributed by atoms with E-state index in [1.807, 2.05) is 0 Å². The first-order valence-corrected chi connectivity index (χ1v) is 6.27. The molecule has 0 heterocycles. The largest absolute Gasteiger partial charge is 0.480 e. The molecule has 0 aromatic carbocycles. The number of amides is 1. The Balaban J connectivity index is 2.16. The van der Waals surface area contributed by atoms with Crippen molar-refractivity contribution in [1.82, 2.24) is 5.32 Å². The molecule has 0 radical (unpaired) electrons. The zero-order valence-electron chi connectivity index (χ0n) is 10.1. The molecular formula is C12H21NO4. The number of carboxylic acid groups (broad SMARTS) is 1. The lowest BCUT2D eigenvalue weighted by atomic mass is 9.97. The summed E-state index contributed by atoms with van der Waals surface area (Å²) in [6.45, 7) is -0.582. The van der Waals surface area contributed by atoms with E-state index in [1.165, 1.54) is 19.3 Å². The third-order valence-corrected chi connectivity index (χ3v) is 2.93. The van der Waals surface area contributed by atoms with Gasteiger partial charge < -0.3 is 15.2 Å². The molecule has 0 bridgehead atoms. The van der Waals surface area contributed by atoms with Gasteiger partial charge in [-0.1, -0.05) is 32.1 Å². The summed E-state index contributed by atoms with van der Waals surface area (Å²) in [4.78, 5) is 21.7. The number of carbonyl (C=O) groups is 2. The lowest BCUT2D eigenvalue weighted by Gasteiger charge is -2.20. The van der Waals surface area contributed by atoms with Crippen LogP contribution in [0.5, 0.6) is 0 Å². The van der Waals surface area contributed by atoms with Crippen molar-refractivity contribution in [3.8, 4) is 0 Å². The molecule has 1 rings (SSSR count). The number of carboxylic acids is 1. The number of hydrogen-bond acceptors (Lipinski definition) is 3. The fourth-order valence-electron chi connectivity index (χ4n) is 2.10. The van der Waals surface area contributed by atoms with Gasteiger partial charge in [-0.15, -0.1) is 0 Å². The van der Waals surface area contributed by atoms with E-state index in [1.54, 1.807) is 0 Å². The second kappa shape index (κ2) is 8.06. The Hall–Kier alpha value is -1.10. The van der Waals surface area contributed by atoms with E-state index < -0.39 is 12.6 Å². The van der Waals surface area contributed by atoms with Crippen LogP contribution in [-0.2, 0) is 14.3 Å². The summed E-state index contributed by atoms with van der Waals surface area (Å²) >= 11 is 0. The van der Waals surface area contributed by atoms with Gasteiger partial charge >= 0.3 is 5.97 Å². The summed E-state index contributed by atoms with van der Waals surface area (Å²) in [7, 11) is 0. The van der Waals surface area contributed by atoms with Gasteiger partial charge in [-0.05, 0) is 12.8 Å². The Bertz CT molecular complexity index is 247. The van der Waals surface area contributed by atoms with Crippen LogP contribution < -0.4 is 5.32 Å². The minimum absolute atomic E-state index is 0.164. The molecule has 1 saturated carbocycles. The maximum atomic E-state index is 11.5. The topological polar surface area (TPSA) is 75.6 Å². The first kappa shape index (κ1) is 14.0. The van der Waals surface area contributed by atoms with Crippen LogP contribution in [0.1, 0.15) is 44.9 Å². The van der Waals surface area contributed by atoms with Gasteiger partial charge in [-0.25, -0.2) is 4.79 Å². The number of carbonyl (C=O) groups excluding carboxylic acids is 1. The van der Waals surface area contributed by atoms with Crippen LogP contribution in [0.25, 0.3) is 0 Å². The molecule has 0 aromatic heterocycles. The average molecular weight is 243 g/mol. The molecule has 0 atom stereocenters.